The van der Waals surface area contributed by atoms with Crippen molar-refractivity contribution >= 4 is 5.97 Å². The maximum absolute atomic E-state index is 10.4. The number of aliphatic carboxylic acids is 1. The second kappa shape index (κ2) is 4.28. The van der Waals surface area contributed by atoms with Gasteiger partial charge < -0.3 is 10.0 Å². The van der Waals surface area contributed by atoms with Gasteiger partial charge in [0.1, 0.15) is 0 Å². The van der Waals surface area contributed by atoms with Gasteiger partial charge in [-0.25, -0.2) is 0 Å². The number of nitrogens with zero attached hydrogens (tertiary/aromatic N) is 1. The predicted octanol–water partition coefficient (Wildman–Crippen LogP) is 0.905. The second-order valence-corrected chi connectivity index (χ2v) is 2.71. The van der Waals surface area contributed by atoms with Crippen molar-refractivity contribution in [2.45, 2.75) is 13.3 Å². The summed E-state index contributed by atoms with van der Waals surface area (Å²) >= 11 is 0. The summed E-state index contributed by atoms with van der Waals surface area (Å²) in [6, 6.07) is 0. The van der Waals surface area contributed by atoms with Crippen LogP contribution in [0.5, 0.6) is 0 Å². The van der Waals surface area contributed by atoms with Crippen LogP contribution in [0.2, 0.25) is 0 Å². The van der Waals surface area contributed by atoms with Crippen LogP contribution in [-0.4, -0.2) is 36.6 Å². The molecular formula is C7H17NO2. The van der Waals surface area contributed by atoms with Crippen LogP contribution < -0.4 is 0 Å². The molecule has 10 heavy (non-hydrogen) atoms. The Morgan fingerprint density at radius 2 is 2.20 bits per heavy atom. The van der Waals surface area contributed by atoms with Crippen LogP contribution in [0.1, 0.15) is 14.8 Å². The molecule has 0 aliphatic carbocycles. The number of carboxylic acids is 1. The van der Waals surface area contributed by atoms with E-state index in [-0.39, 0.29) is 7.34 Å². The molecule has 0 amide bonds. The predicted molar refractivity (Wildman–Crippen MR) is 42.1 cm³/mol. The van der Waals surface area contributed by atoms with Crippen molar-refractivity contribution in [3.05, 3.63) is 0 Å². The van der Waals surface area contributed by atoms with Gasteiger partial charge in [0.05, 0.1) is 5.92 Å². The summed E-state index contributed by atoms with van der Waals surface area (Å²) < 4.78 is 0. The summed E-state index contributed by atoms with van der Waals surface area (Å²) in [5.41, 5.74) is 0. The molecule has 1 N–H and O–H groups in total. The Labute approximate surface area is 63.1 Å². The van der Waals surface area contributed by atoms with Crippen LogP contribution in [0, 0.1) is 5.92 Å². The second-order valence-electron chi connectivity index (χ2n) is 2.71. The highest BCUT2D eigenvalue weighted by Gasteiger charge is 2.14. The summed E-state index contributed by atoms with van der Waals surface area (Å²) in [5.74, 6) is -0.911. The van der Waals surface area contributed by atoms with Crippen LogP contribution in [0.4, 0.5) is 0 Å². The van der Waals surface area contributed by atoms with Gasteiger partial charge in [0, 0.05) is 7.97 Å². The van der Waals surface area contributed by atoms with E-state index < -0.39 is 5.97 Å². The van der Waals surface area contributed by atoms with Crippen molar-refractivity contribution in [1.82, 2.24) is 4.90 Å². The third kappa shape index (κ3) is 3.45. The quantitative estimate of drug-likeness (QED) is 0.644. The lowest BCUT2D eigenvalue weighted by molar-refractivity contribution is -0.142. The van der Waals surface area contributed by atoms with Crippen LogP contribution in [0.25, 0.3) is 0 Å². The van der Waals surface area contributed by atoms with Gasteiger partial charge in [-0.2, -0.15) is 0 Å². The van der Waals surface area contributed by atoms with E-state index in [2.05, 4.69) is 0 Å². The molecule has 0 rings (SSSR count). The highest BCUT2D eigenvalue weighted by molar-refractivity contribution is 5.70. The largest absolute Gasteiger partial charge is 0.481 e. The monoisotopic (exact) mass is 148 g/mol. The fourth-order valence-corrected chi connectivity index (χ4v) is 0.823. The Kier molecular flexibility index (Phi) is 4.03. The lowest BCUT2D eigenvalue weighted by Crippen LogP contribution is -2.26. The molecule has 0 saturated carbocycles. The van der Waals surface area contributed by atoms with Crippen LogP contribution >= 0.6 is 0 Å². The fourth-order valence-electron chi connectivity index (χ4n) is 0.823. The maximum atomic E-state index is 10.4. The Hall–Kier alpha value is -0.570. The highest BCUT2D eigenvalue weighted by atomic mass is 16.4. The molecule has 62 valence electrons. The minimum atomic E-state index is -0.698. The third-order valence-electron chi connectivity index (χ3n) is 1.43. The van der Waals surface area contributed by atoms with Crippen molar-refractivity contribution in [2.24, 2.45) is 5.92 Å². The molecule has 3 heteroatoms. The van der Waals surface area contributed by atoms with E-state index in [4.69, 9.17) is 5.11 Å². The van der Waals surface area contributed by atoms with E-state index in [0.29, 0.717) is 13.0 Å². The lowest BCUT2D eigenvalue weighted by atomic mass is 10.1. The van der Waals surface area contributed by atoms with E-state index in [9.17, 15) is 4.79 Å². The van der Waals surface area contributed by atoms with E-state index >= 15 is 0 Å². The minimum absolute atomic E-state index is 0. The molecule has 0 heterocycles. The van der Waals surface area contributed by atoms with Gasteiger partial charge in [0.15, 0.2) is 0 Å². The summed E-state index contributed by atoms with van der Waals surface area (Å²) in [6.07, 6.45) is 0.702. The minimum Gasteiger partial charge on any atom is -0.481 e. The molecule has 0 fully saturated rings. The van der Waals surface area contributed by atoms with Crippen molar-refractivity contribution in [2.75, 3.05) is 20.6 Å². The van der Waals surface area contributed by atoms with Gasteiger partial charge >= 0.3 is 5.97 Å². The average Bonchev–Trinajstić information content (AvgIpc) is 1.81. The number of rotatable bonds is 4. The molecule has 3 nitrogen and oxygen atoms in total. The average molecular weight is 148 g/mol. The van der Waals surface area contributed by atoms with Gasteiger partial charge in [-0.1, -0.05) is 6.92 Å². The lowest BCUT2D eigenvalue weighted by Gasteiger charge is -2.14. The maximum Gasteiger partial charge on any atom is 0.307 e. The molecule has 0 radical (unpaired) electrons. The molecule has 1 atom stereocenters. The number of carboxylic acid groups (broad SMARTS) is 1. The topological polar surface area (TPSA) is 40.5 Å². The molecule has 0 aromatic carbocycles. The van der Waals surface area contributed by atoms with Crippen molar-refractivity contribution in [1.29, 1.82) is 0 Å². The molecule has 0 aliphatic rings. The summed E-state index contributed by atoms with van der Waals surface area (Å²) in [4.78, 5) is 12.3. The first-order valence-electron chi connectivity index (χ1n) is 3.45. The summed E-state index contributed by atoms with van der Waals surface area (Å²) in [5, 5.41) is 8.60. The molecular weight excluding hydrogens is 130 g/mol. The SMILES string of the molecule is CCC(CN(C)C)C(=O)O.[2HH]. The van der Waals surface area contributed by atoms with Gasteiger partial charge in [-0.3, -0.25) is 4.79 Å². The van der Waals surface area contributed by atoms with Gasteiger partial charge in [-0.15, -0.1) is 0 Å². The first-order chi connectivity index (χ1) is 4.57. The van der Waals surface area contributed by atoms with E-state index in [1.165, 1.54) is 0 Å². The molecule has 0 spiro atoms. The molecule has 1 unspecified atom stereocenters. The smallest absolute Gasteiger partial charge is 0.307 e. The van der Waals surface area contributed by atoms with Gasteiger partial charge in [-0.05, 0) is 20.5 Å². The number of hydrogen-bond donors (Lipinski definition) is 1. The molecule has 0 saturated heterocycles. The fraction of sp³-hybridized carbons (Fsp3) is 0.857. The molecule has 0 aromatic heterocycles. The van der Waals surface area contributed by atoms with Gasteiger partial charge in [0.2, 0.25) is 0 Å². The van der Waals surface area contributed by atoms with Crippen molar-refractivity contribution in [3.63, 3.8) is 0 Å². The van der Waals surface area contributed by atoms with Gasteiger partial charge in [0.25, 0.3) is 0 Å². The number of hydrogen-bond acceptors (Lipinski definition) is 2. The third-order valence-corrected chi connectivity index (χ3v) is 1.43. The zero-order valence-electron chi connectivity index (χ0n) is 6.79. The van der Waals surface area contributed by atoms with E-state index in [1.807, 2.05) is 25.9 Å². The Morgan fingerprint density at radius 1 is 1.70 bits per heavy atom. The normalized spacial score (nSPS) is 13.6. The summed E-state index contributed by atoms with van der Waals surface area (Å²) in [7, 11) is 3.76. The zero-order valence-corrected chi connectivity index (χ0v) is 6.79. The molecule has 0 aromatic rings. The molecule has 0 bridgehead atoms. The Morgan fingerprint density at radius 3 is 2.30 bits per heavy atom. The Balaban J connectivity index is 0. The standard InChI is InChI=1S/C7H15NO2.H2/c1-4-6(7(9)10)5-8(2)3;/h6H,4-5H2,1-3H3,(H,9,10);1H/i;1+1. The van der Waals surface area contributed by atoms with Crippen molar-refractivity contribution < 1.29 is 11.3 Å². The van der Waals surface area contributed by atoms with E-state index in [0.717, 1.165) is 0 Å². The number of carbonyl (C=O) groups is 1. The zero-order chi connectivity index (χ0) is 8.15. The van der Waals surface area contributed by atoms with E-state index in [1.54, 1.807) is 0 Å². The summed E-state index contributed by atoms with van der Waals surface area (Å²) in [6.45, 7) is 2.52. The van der Waals surface area contributed by atoms with Crippen LogP contribution in [-0.2, 0) is 4.79 Å². The first-order valence-corrected chi connectivity index (χ1v) is 3.45. The van der Waals surface area contributed by atoms with Crippen LogP contribution in [0.15, 0.2) is 0 Å². The Bertz CT molecular complexity index is 117. The molecule has 0 aliphatic heterocycles. The van der Waals surface area contributed by atoms with Crippen LogP contribution in [0.3, 0.4) is 0 Å². The highest BCUT2D eigenvalue weighted by Crippen LogP contribution is 2.02. The first kappa shape index (κ1) is 9.43. The van der Waals surface area contributed by atoms with Crippen molar-refractivity contribution in [3.8, 4) is 0 Å².